The van der Waals surface area contributed by atoms with E-state index in [-0.39, 0.29) is 4.90 Å². The fraction of sp³-hybridized carbons (Fsp3) is 0.208. The van der Waals surface area contributed by atoms with Gasteiger partial charge in [0.25, 0.3) is 10.0 Å². The monoisotopic (exact) mass is 453 g/mol. The Morgan fingerprint density at radius 1 is 1.00 bits per heavy atom. The molecule has 0 saturated carbocycles. The number of sulfonamides is 1. The van der Waals surface area contributed by atoms with Crippen LogP contribution in [0.5, 0.6) is 0 Å². The first-order valence-corrected chi connectivity index (χ1v) is 12.1. The first-order valence-electron chi connectivity index (χ1n) is 10.2. The topological polar surface area (TPSA) is 64.0 Å². The number of nitrogens with one attached hydrogen (secondary N) is 1. The van der Waals surface area contributed by atoms with Crippen LogP contribution in [-0.4, -0.2) is 18.0 Å². The van der Waals surface area contributed by atoms with Crippen LogP contribution in [0.4, 0.5) is 5.69 Å². The molecule has 0 aliphatic carbocycles. The SMILES string of the molecule is CCn1c(CCc2cccc(NS(=O)(=O)c3ccc(Cl)cc3C)c2)nc2ccccc21. The molecule has 3 aromatic carbocycles. The van der Waals surface area contributed by atoms with Crippen LogP contribution >= 0.6 is 11.6 Å². The summed E-state index contributed by atoms with van der Waals surface area (Å²) < 4.78 is 30.6. The van der Waals surface area contributed by atoms with Crippen LogP contribution in [0.1, 0.15) is 23.9 Å². The van der Waals surface area contributed by atoms with Gasteiger partial charge in [-0.1, -0.05) is 35.9 Å². The molecular weight excluding hydrogens is 430 g/mol. The standard InChI is InChI=1S/C24H24ClN3O2S/c1-3-28-22-10-5-4-9-21(22)26-24(28)14-11-18-7-6-8-20(16-18)27-31(29,30)23-13-12-19(25)15-17(23)2/h4-10,12-13,15-16,27H,3,11,14H2,1-2H3. The van der Waals surface area contributed by atoms with E-state index in [2.05, 4.69) is 22.3 Å². The second-order valence-electron chi connectivity index (χ2n) is 7.48. The number of aryl methyl sites for hydroxylation is 4. The molecule has 0 amide bonds. The highest BCUT2D eigenvalue weighted by Gasteiger charge is 2.17. The lowest BCUT2D eigenvalue weighted by Crippen LogP contribution is -2.14. The Kier molecular flexibility index (Phi) is 6.03. The van der Waals surface area contributed by atoms with Crippen LogP contribution in [0.15, 0.2) is 71.6 Å². The molecule has 0 radical (unpaired) electrons. The molecule has 0 saturated heterocycles. The third kappa shape index (κ3) is 4.60. The molecule has 0 aliphatic rings. The fourth-order valence-corrected chi connectivity index (χ4v) is 5.34. The Bertz CT molecular complexity index is 1350. The van der Waals surface area contributed by atoms with Crippen LogP contribution in [0, 0.1) is 6.92 Å². The molecule has 160 valence electrons. The van der Waals surface area contributed by atoms with Crippen molar-refractivity contribution in [3.63, 3.8) is 0 Å². The summed E-state index contributed by atoms with van der Waals surface area (Å²) in [4.78, 5) is 5.00. The van der Waals surface area contributed by atoms with Crippen molar-refractivity contribution in [2.75, 3.05) is 4.72 Å². The Balaban J connectivity index is 1.53. The molecule has 0 spiro atoms. The fourth-order valence-electron chi connectivity index (χ4n) is 3.84. The van der Waals surface area contributed by atoms with E-state index in [0.717, 1.165) is 41.8 Å². The molecule has 1 heterocycles. The quantitative estimate of drug-likeness (QED) is 0.396. The van der Waals surface area contributed by atoms with Crippen LogP contribution in [0.2, 0.25) is 5.02 Å². The Hall–Kier alpha value is -2.83. The highest BCUT2D eigenvalue weighted by atomic mass is 35.5. The van der Waals surface area contributed by atoms with Gasteiger partial charge in [-0.15, -0.1) is 0 Å². The smallest absolute Gasteiger partial charge is 0.262 e. The van der Waals surface area contributed by atoms with Crippen LogP contribution in [0.25, 0.3) is 11.0 Å². The van der Waals surface area contributed by atoms with Gasteiger partial charge >= 0.3 is 0 Å². The summed E-state index contributed by atoms with van der Waals surface area (Å²) in [7, 11) is -3.70. The van der Waals surface area contributed by atoms with Gasteiger partial charge in [-0.25, -0.2) is 13.4 Å². The zero-order valence-electron chi connectivity index (χ0n) is 17.5. The Morgan fingerprint density at radius 3 is 2.58 bits per heavy atom. The van der Waals surface area contributed by atoms with Crippen molar-refractivity contribution in [3.05, 3.63) is 88.7 Å². The molecule has 0 atom stereocenters. The van der Waals surface area contributed by atoms with E-state index in [1.165, 1.54) is 6.07 Å². The predicted molar refractivity (Wildman–Crippen MR) is 126 cm³/mol. The van der Waals surface area contributed by atoms with Crippen molar-refractivity contribution in [2.24, 2.45) is 0 Å². The minimum atomic E-state index is -3.70. The average Bonchev–Trinajstić information content (AvgIpc) is 3.09. The third-order valence-corrected chi connectivity index (χ3v) is 7.07. The zero-order chi connectivity index (χ0) is 22.0. The normalized spacial score (nSPS) is 11.7. The first-order chi connectivity index (χ1) is 14.9. The van der Waals surface area contributed by atoms with Gasteiger partial charge in [0.1, 0.15) is 5.82 Å². The molecule has 0 unspecified atom stereocenters. The van der Waals surface area contributed by atoms with Crippen LogP contribution < -0.4 is 4.72 Å². The lowest BCUT2D eigenvalue weighted by atomic mass is 10.1. The molecule has 1 N–H and O–H groups in total. The number of rotatable bonds is 7. The lowest BCUT2D eigenvalue weighted by molar-refractivity contribution is 0.600. The number of nitrogens with zero attached hydrogens (tertiary/aromatic N) is 2. The Morgan fingerprint density at radius 2 is 1.81 bits per heavy atom. The molecule has 31 heavy (non-hydrogen) atoms. The predicted octanol–water partition coefficient (Wildman–Crippen LogP) is 5.60. The van der Waals surface area contributed by atoms with Gasteiger partial charge in [-0.3, -0.25) is 4.72 Å². The van der Waals surface area contributed by atoms with Crippen molar-refractivity contribution >= 4 is 38.3 Å². The highest BCUT2D eigenvalue weighted by molar-refractivity contribution is 7.92. The van der Waals surface area contributed by atoms with Gasteiger partial charge in [-0.2, -0.15) is 0 Å². The second-order valence-corrected chi connectivity index (χ2v) is 9.56. The largest absolute Gasteiger partial charge is 0.328 e. The van der Waals surface area contributed by atoms with E-state index in [4.69, 9.17) is 16.6 Å². The number of anilines is 1. The molecule has 0 aliphatic heterocycles. The second kappa shape index (κ2) is 8.73. The molecule has 0 fully saturated rings. The van der Waals surface area contributed by atoms with Gasteiger partial charge in [0, 0.05) is 23.7 Å². The van der Waals surface area contributed by atoms with Gasteiger partial charge < -0.3 is 4.57 Å². The molecule has 0 bridgehead atoms. The molecule has 4 rings (SSSR count). The number of hydrogen-bond acceptors (Lipinski definition) is 3. The van der Waals surface area contributed by atoms with E-state index in [1.807, 2.05) is 36.4 Å². The first kappa shape index (κ1) is 21.4. The molecule has 4 aromatic rings. The van der Waals surface area contributed by atoms with E-state index in [0.29, 0.717) is 16.3 Å². The third-order valence-electron chi connectivity index (χ3n) is 5.29. The van der Waals surface area contributed by atoms with Crippen molar-refractivity contribution in [2.45, 2.75) is 38.1 Å². The minimum absolute atomic E-state index is 0.221. The van der Waals surface area contributed by atoms with Gasteiger partial charge in [0.2, 0.25) is 0 Å². The maximum Gasteiger partial charge on any atom is 0.262 e. The van der Waals surface area contributed by atoms with E-state index in [9.17, 15) is 8.42 Å². The maximum atomic E-state index is 12.8. The molecule has 7 heteroatoms. The van der Waals surface area contributed by atoms with Crippen LogP contribution in [-0.2, 0) is 29.4 Å². The summed E-state index contributed by atoms with van der Waals surface area (Å²) in [6.45, 7) is 4.71. The maximum absolute atomic E-state index is 12.8. The highest BCUT2D eigenvalue weighted by Crippen LogP contribution is 2.23. The number of imidazole rings is 1. The average molecular weight is 454 g/mol. The van der Waals surface area contributed by atoms with E-state index < -0.39 is 10.0 Å². The number of fused-ring (bicyclic) bond motifs is 1. The minimum Gasteiger partial charge on any atom is -0.328 e. The molecule has 5 nitrogen and oxygen atoms in total. The van der Waals surface area contributed by atoms with Crippen molar-refractivity contribution in [1.29, 1.82) is 0 Å². The number of aromatic nitrogens is 2. The Labute approximate surface area is 187 Å². The van der Waals surface area contributed by atoms with Gasteiger partial charge in [-0.05, 0) is 73.9 Å². The van der Waals surface area contributed by atoms with Crippen molar-refractivity contribution in [3.8, 4) is 0 Å². The van der Waals surface area contributed by atoms with E-state index >= 15 is 0 Å². The number of benzene rings is 3. The summed E-state index contributed by atoms with van der Waals surface area (Å²) in [5.74, 6) is 1.03. The number of para-hydroxylation sites is 2. The summed E-state index contributed by atoms with van der Waals surface area (Å²) in [5.41, 5.74) is 4.33. The number of hydrogen-bond donors (Lipinski definition) is 1. The van der Waals surface area contributed by atoms with Gasteiger partial charge in [0.15, 0.2) is 0 Å². The van der Waals surface area contributed by atoms with Gasteiger partial charge in [0.05, 0.1) is 15.9 Å². The summed E-state index contributed by atoms with van der Waals surface area (Å²) in [5, 5.41) is 0.511. The summed E-state index contributed by atoms with van der Waals surface area (Å²) in [6, 6.07) is 20.4. The van der Waals surface area contributed by atoms with Crippen molar-refractivity contribution in [1.82, 2.24) is 9.55 Å². The van der Waals surface area contributed by atoms with E-state index in [1.54, 1.807) is 25.1 Å². The lowest BCUT2D eigenvalue weighted by Gasteiger charge is -2.12. The molecule has 1 aromatic heterocycles. The molecular formula is C24H24ClN3O2S. The van der Waals surface area contributed by atoms with Crippen molar-refractivity contribution < 1.29 is 8.42 Å². The van der Waals surface area contributed by atoms with Crippen LogP contribution in [0.3, 0.4) is 0 Å². The number of halogens is 1. The summed E-state index contributed by atoms with van der Waals surface area (Å²) >= 11 is 5.96. The zero-order valence-corrected chi connectivity index (χ0v) is 19.0. The summed E-state index contributed by atoms with van der Waals surface area (Å²) in [6.07, 6.45) is 1.54.